The van der Waals surface area contributed by atoms with E-state index < -0.39 is 0 Å². The van der Waals surface area contributed by atoms with Crippen molar-refractivity contribution in [1.82, 2.24) is 4.90 Å². The number of ether oxygens (including phenoxy) is 1. The van der Waals surface area contributed by atoms with Gasteiger partial charge in [-0.3, -0.25) is 4.79 Å². The van der Waals surface area contributed by atoms with Gasteiger partial charge in [0, 0.05) is 6.54 Å². The first-order chi connectivity index (χ1) is 14.6. The molecule has 4 nitrogen and oxygen atoms in total. The maximum atomic E-state index is 9.60. The fraction of sp³-hybridized carbons (Fsp3) is 0.704. The molecule has 1 aliphatic rings. The molecule has 0 amide bonds. The number of halogens is 1. The Balaban J connectivity index is 0. The zero-order valence-corrected chi connectivity index (χ0v) is 23.1. The quantitative estimate of drug-likeness (QED) is 0.423. The minimum absolute atomic E-state index is 0.318. The smallest absolute Gasteiger partial charge is 0.293 e. The highest BCUT2D eigenvalue weighted by molar-refractivity contribution is 6.31. The summed E-state index contributed by atoms with van der Waals surface area (Å²) in [4.78, 5) is 12.0. The Labute approximate surface area is 203 Å². The molecule has 1 fully saturated rings. The van der Waals surface area contributed by atoms with Crippen LogP contribution in [0.25, 0.3) is 0 Å². The SMILES string of the molecule is CC(C)(C)OC=O.CC(C)C1CCN(C)C1.CCC(C)(C)C.Cc1ccc(C#N)c(Cl)c1. The van der Waals surface area contributed by atoms with Crippen molar-refractivity contribution in [1.29, 1.82) is 5.26 Å². The molecule has 0 aliphatic carbocycles. The molecule has 1 aromatic rings. The van der Waals surface area contributed by atoms with Crippen LogP contribution in [-0.2, 0) is 9.53 Å². The lowest BCUT2D eigenvalue weighted by molar-refractivity contribution is -0.138. The van der Waals surface area contributed by atoms with Crippen LogP contribution >= 0.6 is 11.6 Å². The maximum absolute atomic E-state index is 9.60. The number of nitrogens with zero attached hydrogens (tertiary/aromatic N) is 2. The van der Waals surface area contributed by atoms with Gasteiger partial charge in [-0.2, -0.15) is 5.26 Å². The summed E-state index contributed by atoms with van der Waals surface area (Å²) in [6, 6.07) is 7.35. The van der Waals surface area contributed by atoms with E-state index in [1.54, 1.807) is 12.1 Å². The standard InChI is InChI=1S/C8H6ClN.C8H17N.C6H14.C5H10O2/c1-6-2-3-7(5-10)8(9)4-6;1-7(2)8-4-5-9(3)6-8;1-5-6(2,3)4;1-5(2,3)7-4-6/h2-4H,1H3;7-8H,4-6H2,1-3H3;5H2,1-4H3;4H,1-3H3. The van der Waals surface area contributed by atoms with Crippen molar-refractivity contribution in [3.05, 3.63) is 34.3 Å². The molecule has 1 aromatic carbocycles. The average Bonchev–Trinajstić information content (AvgIpc) is 3.09. The van der Waals surface area contributed by atoms with Gasteiger partial charge in [0.25, 0.3) is 6.47 Å². The molecule has 0 saturated carbocycles. The van der Waals surface area contributed by atoms with Crippen LogP contribution in [0, 0.1) is 35.5 Å². The van der Waals surface area contributed by atoms with Crippen molar-refractivity contribution in [2.24, 2.45) is 17.3 Å². The van der Waals surface area contributed by atoms with Crippen LogP contribution in [0.2, 0.25) is 5.02 Å². The van der Waals surface area contributed by atoms with Crippen molar-refractivity contribution < 1.29 is 9.53 Å². The van der Waals surface area contributed by atoms with E-state index in [1.807, 2.05) is 39.8 Å². The Kier molecular flexibility index (Phi) is 16.4. The molecule has 5 heteroatoms. The number of rotatable bonds is 2. The van der Waals surface area contributed by atoms with Crippen LogP contribution in [0.5, 0.6) is 0 Å². The molecule has 1 unspecified atom stereocenters. The summed E-state index contributed by atoms with van der Waals surface area (Å²) >= 11 is 5.71. The second-order valence-electron chi connectivity index (χ2n) is 10.9. The molecule has 184 valence electrons. The summed E-state index contributed by atoms with van der Waals surface area (Å²) < 4.78 is 4.55. The fourth-order valence-corrected chi connectivity index (χ4v) is 2.65. The van der Waals surface area contributed by atoms with Crippen LogP contribution in [-0.4, -0.2) is 37.1 Å². The Bertz CT molecular complexity index is 682. The first kappa shape index (κ1) is 32.6. The normalized spacial score (nSPS) is 15.8. The number of hydrogen-bond acceptors (Lipinski definition) is 4. The predicted octanol–water partition coefficient (Wildman–Crippen LogP) is 7.51. The van der Waals surface area contributed by atoms with Gasteiger partial charge in [-0.1, -0.05) is 65.6 Å². The van der Waals surface area contributed by atoms with Gasteiger partial charge in [0.2, 0.25) is 0 Å². The van der Waals surface area contributed by atoms with Crippen LogP contribution in [0.1, 0.15) is 86.3 Å². The molecule has 1 atom stereocenters. The third-order valence-electron chi connectivity index (χ3n) is 5.08. The second-order valence-corrected chi connectivity index (χ2v) is 11.3. The predicted molar refractivity (Wildman–Crippen MR) is 138 cm³/mol. The lowest BCUT2D eigenvalue weighted by Gasteiger charge is -2.14. The molecule has 32 heavy (non-hydrogen) atoms. The van der Waals surface area contributed by atoms with E-state index in [4.69, 9.17) is 16.9 Å². The molecular formula is C27H47ClN2O2. The first-order valence-corrected chi connectivity index (χ1v) is 11.9. The van der Waals surface area contributed by atoms with Crippen LogP contribution < -0.4 is 0 Å². The number of aryl methyl sites for hydroxylation is 1. The van der Waals surface area contributed by atoms with Gasteiger partial charge >= 0.3 is 0 Å². The van der Waals surface area contributed by atoms with E-state index in [1.165, 1.54) is 25.9 Å². The minimum atomic E-state index is -0.318. The monoisotopic (exact) mass is 466 g/mol. The summed E-state index contributed by atoms with van der Waals surface area (Å²) in [5.74, 6) is 1.85. The number of carbonyl (C=O) groups is 1. The van der Waals surface area contributed by atoms with Gasteiger partial charge < -0.3 is 9.64 Å². The van der Waals surface area contributed by atoms with Crippen molar-refractivity contribution in [3.8, 4) is 6.07 Å². The summed E-state index contributed by atoms with van der Waals surface area (Å²) in [7, 11) is 2.21. The first-order valence-electron chi connectivity index (χ1n) is 11.5. The van der Waals surface area contributed by atoms with Gasteiger partial charge in [-0.15, -0.1) is 0 Å². The number of nitriles is 1. The molecule has 0 radical (unpaired) electrons. The Morgan fingerprint density at radius 3 is 2.00 bits per heavy atom. The van der Waals surface area contributed by atoms with Crippen molar-refractivity contribution in [3.63, 3.8) is 0 Å². The average molecular weight is 467 g/mol. The summed E-state index contributed by atoms with van der Waals surface area (Å²) in [5, 5.41) is 9.00. The fourth-order valence-electron chi connectivity index (χ4n) is 2.37. The zero-order valence-electron chi connectivity index (χ0n) is 22.4. The molecule has 0 N–H and O–H groups in total. The van der Waals surface area contributed by atoms with Crippen molar-refractivity contribution >= 4 is 18.1 Å². The lowest BCUT2D eigenvalue weighted by Crippen LogP contribution is -2.17. The van der Waals surface area contributed by atoms with Crippen LogP contribution in [0.3, 0.4) is 0 Å². The van der Waals surface area contributed by atoms with Crippen LogP contribution in [0.15, 0.2) is 18.2 Å². The number of hydrogen-bond donors (Lipinski definition) is 0. The van der Waals surface area contributed by atoms with Gasteiger partial charge in [0.05, 0.1) is 10.6 Å². The Morgan fingerprint density at radius 1 is 1.25 bits per heavy atom. The van der Waals surface area contributed by atoms with Crippen molar-refractivity contribution in [2.45, 2.75) is 87.7 Å². The summed E-state index contributed by atoms with van der Waals surface area (Å²) in [6.45, 7) is 24.1. The topological polar surface area (TPSA) is 53.3 Å². The third-order valence-corrected chi connectivity index (χ3v) is 5.39. The molecule has 0 aromatic heterocycles. The largest absolute Gasteiger partial charge is 0.462 e. The van der Waals surface area contributed by atoms with Crippen molar-refractivity contribution in [2.75, 3.05) is 20.1 Å². The Morgan fingerprint density at radius 2 is 1.78 bits per heavy atom. The van der Waals surface area contributed by atoms with E-state index in [0.29, 0.717) is 22.5 Å². The second kappa shape index (κ2) is 16.1. The number of carbonyl (C=O) groups excluding carboxylic acids is 1. The summed E-state index contributed by atoms with van der Waals surface area (Å²) in [6.07, 6.45) is 2.68. The number of likely N-dealkylation sites (tertiary alicyclic amines) is 1. The maximum Gasteiger partial charge on any atom is 0.293 e. The molecule has 1 heterocycles. The third kappa shape index (κ3) is 19.1. The molecule has 1 saturated heterocycles. The van der Waals surface area contributed by atoms with Gasteiger partial charge in [0.15, 0.2) is 0 Å². The summed E-state index contributed by atoms with van der Waals surface area (Å²) in [5.41, 5.74) is 1.83. The molecule has 0 bridgehead atoms. The van der Waals surface area contributed by atoms with E-state index in [2.05, 4.69) is 58.2 Å². The highest BCUT2D eigenvalue weighted by Gasteiger charge is 2.21. The molecular weight excluding hydrogens is 420 g/mol. The highest BCUT2D eigenvalue weighted by Crippen LogP contribution is 2.21. The van der Waals surface area contributed by atoms with E-state index in [9.17, 15) is 4.79 Å². The van der Waals surface area contributed by atoms with E-state index in [-0.39, 0.29) is 5.60 Å². The van der Waals surface area contributed by atoms with Gasteiger partial charge in [0.1, 0.15) is 11.7 Å². The molecule has 0 spiro atoms. The minimum Gasteiger partial charge on any atom is -0.462 e. The molecule has 2 rings (SSSR count). The van der Waals surface area contributed by atoms with Gasteiger partial charge in [-0.25, -0.2) is 0 Å². The number of benzene rings is 1. The van der Waals surface area contributed by atoms with E-state index >= 15 is 0 Å². The van der Waals surface area contributed by atoms with Crippen LogP contribution in [0.4, 0.5) is 0 Å². The van der Waals surface area contributed by atoms with Gasteiger partial charge in [-0.05, 0) is 82.7 Å². The highest BCUT2D eigenvalue weighted by atomic mass is 35.5. The lowest BCUT2D eigenvalue weighted by atomic mass is 9.94. The molecule has 1 aliphatic heterocycles. The zero-order chi connectivity index (χ0) is 25.5. The van der Waals surface area contributed by atoms with E-state index in [0.717, 1.165) is 17.4 Å². The Hall–Kier alpha value is -1.57.